The summed E-state index contributed by atoms with van der Waals surface area (Å²) in [5.74, 6) is -0.996. The van der Waals surface area contributed by atoms with E-state index in [0.717, 1.165) is 22.2 Å². The van der Waals surface area contributed by atoms with Crippen LogP contribution in [0, 0.1) is 5.82 Å². The molecule has 0 saturated heterocycles. The van der Waals surface area contributed by atoms with Crippen LogP contribution in [0.1, 0.15) is 15.9 Å². The van der Waals surface area contributed by atoms with Gasteiger partial charge in [-0.1, -0.05) is 6.07 Å². The summed E-state index contributed by atoms with van der Waals surface area (Å²) in [6, 6.07) is 8.77. The van der Waals surface area contributed by atoms with Crippen molar-refractivity contribution in [1.82, 2.24) is 0 Å². The molecule has 4 nitrogen and oxygen atoms in total. The minimum atomic E-state index is -1.20. The highest BCUT2D eigenvalue weighted by atomic mass is 79.9. The van der Waals surface area contributed by atoms with E-state index in [1.807, 2.05) is 6.07 Å². The van der Waals surface area contributed by atoms with Gasteiger partial charge in [-0.15, -0.1) is 0 Å². The lowest BCUT2D eigenvalue weighted by atomic mass is 10.2. The van der Waals surface area contributed by atoms with Gasteiger partial charge in [0.15, 0.2) is 0 Å². The molecule has 110 valence electrons. The molecule has 2 rings (SSSR count). The average Bonchev–Trinajstić information content (AvgIpc) is 2.44. The third kappa shape index (κ3) is 3.95. The molecule has 0 aliphatic carbocycles. The summed E-state index contributed by atoms with van der Waals surface area (Å²) in [4.78, 5) is 10.9. The van der Waals surface area contributed by atoms with Gasteiger partial charge in [-0.3, -0.25) is 0 Å². The summed E-state index contributed by atoms with van der Waals surface area (Å²) in [5.41, 5.74) is 0.685. The predicted molar refractivity (Wildman–Crippen MR) is 78.4 cm³/mol. The number of carboxylic acids is 1. The van der Waals surface area contributed by atoms with Crippen LogP contribution in [0.5, 0.6) is 11.5 Å². The van der Waals surface area contributed by atoms with Crippen molar-refractivity contribution in [2.75, 3.05) is 7.11 Å². The number of halogens is 2. The number of methoxy groups -OCH3 is 1. The Kier molecular flexibility index (Phi) is 4.80. The molecular formula is C15H12BrFO4. The van der Waals surface area contributed by atoms with Crippen LogP contribution in [0.2, 0.25) is 0 Å². The summed E-state index contributed by atoms with van der Waals surface area (Å²) in [5, 5.41) is 8.87. The number of benzene rings is 2. The molecule has 0 spiro atoms. The first-order valence-corrected chi connectivity index (χ1v) is 6.78. The zero-order valence-corrected chi connectivity index (χ0v) is 12.7. The molecule has 6 heteroatoms. The van der Waals surface area contributed by atoms with E-state index in [2.05, 4.69) is 15.9 Å². The number of carboxylic acid groups (broad SMARTS) is 1. The van der Waals surface area contributed by atoms with E-state index in [0.29, 0.717) is 5.75 Å². The number of carbonyl (C=O) groups is 1. The molecule has 2 aromatic rings. The second-order valence-electron chi connectivity index (χ2n) is 4.24. The van der Waals surface area contributed by atoms with Crippen molar-refractivity contribution in [1.29, 1.82) is 0 Å². The molecule has 0 aliphatic heterocycles. The molecule has 0 aromatic heterocycles. The Morgan fingerprint density at radius 1 is 1.29 bits per heavy atom. The maximum atomic E-state index is 13.3. The van der Waals surface area contributed by atoms with Gasteiger partial charge in [0, 0.05) is 6.07 Å². The molecule has 0 amide bonds. The van der Waals surface area contributed by atoms with Gasteiger partial charge in [-0.2, -0.15) is 0 Å². The first-order valence-electron chi connectivity index (χ1n) is 5.98. The Morgan fingerprint density at radius 3 is 2.67 bits per heavy atom. The lowest BCUT2D eigenvalue weighted by Crippen LogP contribution is -2.01. The van der Waals surface area contributed by atoms with Gasteiger partial charge < -0.3 is 14.6 Å². The Labute approximate surface area is 129 Å². The predicted octanol–water partition coefficient (Wildman–Crippen LogP) is 3.87. The first kappa shape index (κ1) is 15.3. The van der Waals surface area contributed by atoms with Gasteiger partial charge in [-0.25, -0.2) is 9.18 Å². The Hall–Kier alpha value is -2.08. The lowest BCUT2D eigenvalue weighted by Gasteiger charge is -2.09. The second-order valence-corrected chi connectivity index (χ2v) is 5.09. The fourth-order valence-corrected chi connectivity index (χ4v) is 2.32. The molecule has 0 saturated carbocycles. The van der Waals surface area contributed by atoms with Crippen LogP contribution in [0.25, 0.3) is 0 Å². The summed E-state index contributed by atoms with van der Waals surface area (Å²) >= 11 is 3.36. The Bertz CT molecular complexity index is 673. The van der Waals surface area contributed by atoms with Crippen molar-refractivity contribution >= 4 is 21.9 Å². The van der Waals surface area contributed by atoms with Gasteiger partial charge in [-0.05, 0) is 45.8 Å². The summed E-state index contributed by atoms with van der Waals surface area (Å²) in [6.45, 7) is 0.186. The second kappa shape index (κ2) is 6.58. The van der Waals surface area contributed by atoms with Crippen molar-refractivity contribution in [3.63, 3.8) is 0 Å². The highest BCUT2D eigenvalue weighted by Crippen LogP contribution is 2.26. The maximum absolute atomic E-state index is 13.3. The monoisotopic (exact) mass is 354 g/mol. The SMILES string of the molecule is COc1ccc(COc2cc(F)cc(C(=O)O)c2)cc1Br. The van der Waals surface area contributed by atoms with Gasteiger partial charge in [0.05, 0.1) is 17.1 Å². The third-order valence-electron chi connectivity index (χ3n) is 2.74. The van der Waals surface area contributed by atoms with E-state index in [9.17, 15) is 9.18 Å². The van der Waals surface area contributed by atoms with E-state index in [-0.39, 0.29) is 17.9 Å². The quantitative estimate of drug-likeness (QED) is 0.885. The van der Waals surface area contributed by atoms with E-state index >= 15 is 0 Å². The van der Waals surface area contributed by atoms with Crippen LogP contribution in [-0.2, 0) is 6.61 Å². The van der Waals surface area contributed by atoms with E-state index in [1.54, 1.807) is 19.2 Å². The molecular weight excluding hydrogens is 343 g/mol. The van der Waals surface area contributed by atoms with Crippen molar-refractivity contribution in [2.24, 2.45) is 0 Å². The number of aromatic carboxylic acids is 1. The largest absolute Gasteiger partial charge is 0.496 e. The zero-order chi connectivity index (χ0) is 15.4. The standard InChI is InChI=1S/C15H12BrFO4/c1-20-14-3-2-9(4-13(14)16)8-21-12-6-10(15(18)19)5-11(17)7-12/h2-7H,8H2,1H3,(H,18,19). The molecule has 0 aliphatic rings. The molecule has 1 N–H and O–H groups in total. The number of ether oxygens (including phenoxy) is 2. The third-order valence-corrected chi connectivity index (χ3v) is 3.36. The first-order chi connectivity index (χ1) is 9.99. The van der Waals surface area contributed by atoms with Crippen LogP contribution >= 0.6 is 15.9 Å². The van der Waals surface area contributed by atoms with E-state index < -0.39 is 11.8 Å². The van der Waals surface area contributed by atoms with E-state index in [4.69, 9.17) is 14.6 Å². The number of hydrogen-bond donors (Lipinski definition) is 1. The summed E-state index contributed by atoms with van der Waals surface area (Å²) < 4.78 is 24.6. The van der Waals surface area contributed by atoms with Gasteiger partial charge in [0.1, 0.15) is 23.9 Å². The minimum Gasteiger partial charge on any atom is -0.496 e. The van der Waals surface area contributed by atoms with Crippen LogP contribution in [-0.4, -0.2) is 18.2 Å². The van der Waals surface area contributed by atoms with Gasteiger partial charge in [0.2, 0.25) is 0 Å². The minimum absolute atomic E-state index is 0.152. The molecule has 0 atom stereocenters. The van der Waals surface area contributed by atoms with E-state index in [1.165, 1.54) is 6.07 Å². The molecule has 0 bridgehead atoms. The van der Waals surface area contributed by atoms with Crippen LogP contribution in [0.4, 0.5) is 4.39 Å². The number of rotatable bonds is 5. The summed E-state index contributed by atoms with van der Waals surface area (Å²) in [6.07, 6.45) is 0. The van der Waals surface area contributed by atoms with Crippen molar-refractivity contribution < 1.29 is 23.8 Å². The Morgan fingerprint density at radius 2 is 2.05 bits per heavy atom. The lowest BCUT2D eigenvalue weighted by molar-refractivity contribution is 0.0695. The van der Waals surface area contributed by atoms with Crippen molar-refractivity contribution in [3.8, 4) is 11.5 Å². The highest BCUT2D eigenvalue weighted by Gasteiger charge is 2.08. The molecule has 0 radical (unpaired) electrons. The fourth-order valence-electron chi connectivity index (χ4n) is 1.74. The molecule has 2 aromatic carbocycles. The number of hydrogen-bond acceptors (Lipinski definition) is 3. The van der Waals surface area contributed by atoms with Crippen LogP contribution < -0.4 is 9.47 Å². The normalized spacial score (nSPS) is 10.2. The molecule has 21 heavy (non-hydrogen) atoms. The van der Waals surface area contributed by atoms with Gasteiger partial charge in [0.25, 0.3) is 0 Å². The Balaban J connectivity index is 2.12. The molecule has 0 fully saturated rings. The fraction of sp³-hybridized carbons (Fsp3) is 0.133. The average molecular weight is 355 g/mol. The topological polar surface area (TPSA) is 55.8 Å². The smallest absolute Gasteiger partial charge is 0.335 e. The van der Waals surface area contributed by atoms with Crippen LogP contribution in [0.15, 0.2) is 40.9 Å². The van der Waals surface area contributed by atoms with Crippen LogP contribution in [0.3, 0.4) is 0 Å². The highest BCUT2D eigenvalue weighted by molar-refractivity contribution is 9.10. The molecule has 0 heterocycles. The maximum Gasteiger partial charge on any atom is 0.335 e. The zero-order valence-electron chi connectivity index (χ0n) is 11.1. The van der Waals surface area contributed by atoms with Crippen molar-refractivity contribution in [3.05, 3.63) is 57.8 Å². The summed E-state index contributed by atoms with van der Waals surface area (Å²) in [7, 11) is 1.57. The molecule has 0 unspecified atom stereocenters. The van der Waals surface area contributed by atoms with Gasteiger partial charge >= 0.3 is 5.97 Å². The van der Waals surface area contributed by atoms with Crippen molar-refractivity contribution in [2.45, 2.75) is 6.61 Å².